The van der Waals surface area contributed by atoms with Crippen LogP contribution >= 0.6 is 0 Å². The molecule has 1 amide bonds. The number of benzene rings is 1. The molecule has 1 atom stereocenters. The molecule has 5 heteroatoms. The Morgan fingerprint density at radius 3 is 2.62 bits per heavy atom. The van der Waals surface area contributed by atoms with Crippen LogP contribution in [-0.2, 0) is 10.4 Å². The summed E-state index contributed by atoms with van der Waals surface area (Å²) in [6.07, 6.45) is 0.971. The largest absolute Gasteiger partial charge is 0.494 e. The second-order valence-electron chi connectivity index (χ2n) is 6.14. The number of hydrogen-bond donors (Lipinski definition) is 2. The summed E-state index contributed by atoms with van der Waals surface area (Å²) in [5.74, 6) is 2.10. The number of carbonyl (C=O) groups is 1. The van der Waals surface area contributed by atoms with Crippen LogP contribution in [0.2, 0.25) is 0 Å². The Balaban J connectivity index is 1.71. The highest BCUT2D eigenvalue weighted by atomic mass is 16.5. The highest BCUT2D eigenvalue weighted by Crippen LogP contribution is 2.26. The summed E-state index contributed by atoms with van der Waals surface area (Å²) < 4.78 is 11.0. The van der Waals surface area contributed by atoms with Crippen LogP contribution < -0.4 is 10.1 Å². The highest BCUT2D eigenvalue weighted by molar-refractivity contribution is 5.75. The van der Waals surface area contributed by atoms with Crippen molar-refractivity contribution in [3.8, 4) is 5.75 Å². The lowest BCUT2D eigenvalue weighted by Crippen LogP contribution is -2.38. The van der Waals surface area contributed by atoms with E-state index < -0.39 is 5.60 Å². The van der Waals surface area contributed by atoms with E-state index in [0.29, 0.717) is 30.8 Å². The van der Waals surface area contributed by atoms with Gasteiger partial charge >= 0.3 is 0 Å². The Kier molecular flexibility index (Phi) is 6.04. The van der Waals surface area contributed by atoms with Crippen molar-refractivity contribution >= 4 is 5.91 Å². The van der Waals surface area contributed by atoms with Gasteiger partial charge in [0.1, 0.15) is 22.9 Å². The van der Waals surface area contributed by atoms with Crippen LogP contribution in [0.4, 0.5) is 0 Å². The SMILES string of the molecule is Cc1cc(C(C)(O)CNC(=O)CCCOc2ccccc2)c(C)o1. The number of hydrogen-bond acceptors (Lipinski definition) is 4. The average Bonchev–Trinajstić information content (AvgIpc) is 2.90. The third-order valence-electron chi connectivity index (χ3n) is 3.81. The van der Waals surface area contributed by atoms with E-state index in [1.807, 2.05) is 37.3 Å². The number of rotatable bonds is 8. The first-order chi connectivity index (χ1) is 11.4. The number of carbonyl (C=O) groups excluding carboxylic acids is 1. The van der Waals surface area contributed by atoms with E-state index in [2.05, 4.69) is 5.32 Å². The molecule has 0 bridgehead atoms. The zero-order valence-electron chi connectivity index (χ0n) is 14.5. The standard InChI is InChI=1S/C19H25NO4/c1-14-12-17(15(2)24-14)19(3,22)13-20-18(21)10-7-11-23-16-8-5-4-6-9-16/h4-6,8-9,12,22H,7,10-11,13H2,1-3H3,(H,20,21). The quantitative estimate of drug-likeness (QED) is 0.729. The van der Waals surface area contributed by atoms with Gasteiger partial charge in [0.05, 0.1) is 13.2 Å². The molecule has 5 nitrogen and oxygen atoms in total. The van der Waals surface area contributed by atoms with Gasteiger partial charge in [0.2, 0.25) is 5.91 Å². The van der Waals surface area contributed by atoms with Gasteiger partial charge in [0, 0.05) is 12.0 Å². The van der Waals surface area contributed by atoms with Crippen LogP contribution in [-0.4, -0.2) is 24.2 Å². The fourth-order valence-corrected chi connectivity index (χ4v) is 2.56. The summed E-state index contributed by atoms with van der Waals surface area (Å²) in [6, 6.07) is 11.3. The number of aliphatic hydroxyl groups is 1. The van der Waals surface area contributed by atoms with E-state index in [0.717, 1.165) is 11.5 Å². The Bertz CT molecular complexity index is 661. The van der Waals surface area contributed by atoms with E-state index in [1.54, 1.807) is 19.9 Å². The second-order valence-corrected chi connectivity index (χ2v) is 6.14. The van der Waals surface area contributed by atoms with E-state index in [4.69, 9.17) is 9.15 Å². The van der Waals surface area contributed by atoms with Gasteiger partial charge in [0.15, 0.2) is 0 Å². The molecule has 1 heterocycles. The zero-order valence-corrected chi connectivity index (χ0v) is 14.5. The number of ether oxygens (including phenoxy) is 1. The third-order valence-corrected chi connectivity index (χ3v) is 3.81. The Morgan fingerprint density at radius 2 is 2.00 bits per heavy atom. The molecule has 2 N–H and O–H groups in total. The third kappa shape index (κ3) is 5.13. The van der Waals surface area contributed by atoms with Gasteiger partial charge in [-0.05, 0) is 45.4 Å². The maximum Gasteiger partial charge on any atom is 0.220 e. The molecule has 0 radical (unpaired) electrons. The van der Waals surface area contributed by atoms with Crippen molar-refractivity contribution in [3.63, 3.8) is 0 Å². The summed E-state index contributed by atoms with van der Waals surface area (Å²) in [6.45, 7) is 5.93. The predicted molar refractivity (Wildman–Crippen MR) is 91.9 cm³/mol. The first kappa shape index (κ1) is 18.1. The van der Waals surface area contributed by atoms with E-state index in [1.165, 1.54) is 0 Å². The monoisotopic (exact) mass is 331 g/mol. The van der Waals surface area contributed by atoms with Crippen molar-refractivity contribution in [2.75, 3.05) is 13.2 Å². The molecular weight excluding hydrogens is 306 g/mol. The zero-order chi connectivity index (χ0) is 17.6. The predicted octanol–water partition coefficient (Wildman–Crippen LogP) is 3.08. The first-order valence-corrected chi connectivity index (χ1v) is 8.13. The summed E-state index contributed by atoms with van der Waals surface area (Å²) in [7, 11) is 0. The average molecular weight is 331 g/mol. The summed E-state index contributed by atoms with van der Waals surface area (Å²) in [5.41, 5.74) is -0.453. The molecule has 130 valence electrons. The lowest BCUT2D eigenvalue weighted by molar-refractivity contribution is -0.122. The normalized spacial score (nSPS) is 13.3. The molecule has 0 aliphatic heterocycles. The van der Waals surface area contributed by atoms with Gasteiger partial charge in [-0.25, -0.2) is 0 Å². The van der Waals surface area contributed by atoms with Crippen molar-refractivity contribution in [2.24, 2.45) is 0 Å². The lowest BCUT2D eigenvalue weighted by atomic mass is 9.96. The topological polar surface area (TPSA) is 71.7 Å². The minimum Gasteiger partial charge on any atom is -0.494 e. The maximum absolute atomic E-state index is 11.9. The number of para-hydroxylation sites is 1. The van der Waals surface area contributed by atoms with Crippen LogP contribution in [0.25, 0.3) is 0 Å². The fraction of sp³-hybridized carbons (Fsp3) is 0.421. The Morgan fingerprint density at radius 1 is 1.29 bits per heavy atom. The molecule has 1 aromatic carbocycles. The highest BCUT2D eigenvalue weighted by Gasteiger charge is 2.28. The van der Waals surface area contributed by atoms with Gasteiger partial charge < -0.3 is 19.6 Å². The maximum atomic E-state index is 11.9. The summed E-state index contributed by atoms with van der Waals surface area (Å²) >= 11 is 0. The molecule has 24 heavy (non-hydrogen) atoms. The number of nitrogens with one attached hydrogen (secondary N) is 1. The minimum atomic E-state index is -1.15. The molecule has 0 saturated carbocycles. The van der Waals surface area contributed by atoms with Crippen LogP contribution in [0.3, 0.4) is 0 Å². The Hall–Kier alpha value is -2.27. The van der Waals surface area contributed by atoms with Gasteiger partial charge in [-0.15, -0.1) is 0 Å². The van der Waals surface area contributed by atoms with Crippen LogP contribution in [0, 0.1) is 13.8 Å². The fourth-order valence-electron chi connectivity index (χ4n) is 2.56. The van der Waals surface area contributed by atoms with Crippen molar-refractivity contribution in [3.05, 3.63) is 53.5 Å². The number of amides is 1. The molecule has 2 aromatic rings. The molecule has 0 fully saturated rings. The molecule has 1 unspecified atom stereocenters. The van der Waals surface area contributed by atoms with Gasteiger partial charge in [-0.3, -0.25) is 4.79 Å². The lowest BCUT2D eigenvalue weighted by Gasteiger charge is -2.23. The van der Waals surface area contributed by atoms with Gasteiger partial charge in [-0.2, -0.15) is 0 Å². The van der Waals surface area contributed by atoms with Gasteiger partial charge in [0.25, 0.3) is 0 Å². The number of aryl methyl sites for hydroxylation is 2. The Labute approximate surface area is 142 Å². The molecule has 0 aliphatic rings. The summed E-state index contributed by atoms with van der Waals surface area (Å²) in [5, 5.41) is 13.3. The van der Waals surface area contributed by atoms with Crippen molar-refractivity contribution < 1.29 is 19.1 Å². The molecular formula is C19H25NO4. The first-order valence-electron chi connectivity index (χ1n) is 8.13. The van der Waals surface area contributed by atoms with E-state index in [9.17, 15) is 9.90 Å². The molecule has 2 rings (SSSR count). The smallest absolute Gasteiger partial charge is 0.220 e. The molecule has 1 aromatic heterocycles. The number of furan rings is 1. The molecule has 0 saturated heterocycles. The van der Waals surface area contributed by atoms with Crippen LogP contribution in [0.15, 0.2) is 40.8 Å². The van der Waals surface area contributed by atoms with Crippen molar-refractivity contribution in [1.82, 2.24) is 5.32 Å². The second kappa shape index (κ2) is 8.02. The molecule has 0 spiro atoms. The van der Waals surface area contributed by atoms with Crippen LogP contribution in [0.5, 0.6) is 5.75 Å². The van der Waals surface area contributed by atoms with Crippen molar-refractivity contribution in [2.45, 2.75) is 39.2 Å². The van der Waals surface area contributed by atoms with Crippen molar-refractivity contribution in [1.29, 1.82) is 0 Å². The van der Waals surface area contributed by atoms with E-state index >= 15 is 0 Å². The molecule has 0 aliphatic carbocycles. The summed E-state index contributed by atoms with van der Waals surface area (Å²) in [4.78, 5) is 11.9. The minimum absolute atomic E-state index is 0.107. The van der Waals surface area contributed by atoms with Crippen LogP contribution in [0.1, 0.15) is 36.8 Å². The van der Waals surface area contributed by atoms with Gasteiger partial charge in [-0.1, -0.05) is 18.2 Å². The van der Waals surface area contributed by atoms with E-state index in [-0.39, 0.29) is 12.5 Å².